The maximum absolute atomic E-state index is 13.2. The SMILES string of the molecule is O=C(NC1CC1)C(c1ccccc1)N1C[C@@H](C(F)(F)F)[C@H](C(=O)O)C1. The van der Waals surface area contributed by atoms with Crippen molar-refractivity contribution in [1.29, 1.82) is 0 Å². The second-order valence-corrected chi connectivity index (χ2v) is 6.64. The third kappa shape index (κ3) is 3.95. The van der Waals surface area contributed by atoms with E-state index in [0.717, 1.165) is 12.8 Å². The summed E-state index contributed by atoms with van der Waals surface area (Å²) in [5.41, 5.74) is 0.563. The number of halogens is 3. The maximum atomic E-state index is 13.2. The number of carboxylic acid groups (broad SMARTS) is 1. The quantitative estimate of drug-likeness (QED) is 0.849. The van der Waals surface area contributed by atoms with Crippen molar-refractivity contribution < 1.29 is 27.9 Å². The number of carbonyl (C=O) groups excluding carboxylic acids is 1. The fourth-order valence-corrected chi connectivity index (χ4v) is 3.30. The molecule has 136 valence electrons. The van der Waals surface area contributed by atoms with Crippen LogP contribution < -0.4 is 5.32 Å². The molecule has 0 bridgehead atoms. The molecule has 3 rings (SSSR count). The highest BCUT2D eigenvalue weighted by Crippen LogP contribution is 2.41. The normalized spacial score (nSPS) is 25.6. The van der Waals surface area contributed by atoms with Crippen molar-refractivity contribution in [2.75, 3.05) is 13.1 Å². The topological polar surface area (TPSA) is 69.6 Å². The zero-order valence-corrected chi connectivity index (χ0v) is 13.4. The van der Waals surface area contributed by atoms with E-state index in [2.05, 4.69) is 5.32 Å². The monoisotopic (exact) mass is 356 g/mol. The number of nitrogens with one attached hydrogen (secondary N) is 1. The average Bonchev–Trinajstić information content (AvgIpc) is 3.22. The van der Waals surface area contributed by atoms with Gasteiger partial charge in [-0.2, -0.15) is 13.2 Å². The molecule has 8 heteroatoms. The van der Waals surface area contributed by atoms with Gasteiger partial charge in [0, 0.05) is 19.1 Å². The largest absolute Gasteiger partial charge is 0.481 e. The molecule has 0 spiro atoms. The van der Waals surface area contributed by atoms with Gasteiger partial charge in [-0.1, -0.05) is 30.3 Å². The summed E-state index contributed by atoms with van der Waals surface area (Å²) in [5.74, 6) is -5.41. The van der Waals surface area contributed by atoms with Crippen LogP contribution in [0.25, 0.3) is 0 Å². The number of nitrogens with zero attached hydrogens (tertiary/aromatic N) is 1. The number of rotatable bonds is 5. The molecule has 2 N–H and O–H groups in total. The van der Waals surface area contributed by atoms with Crippen LogP contribution in [-0.2, 0) is 9.59 Å². The molecule has 0 aromatic heterocycles. The Morgan fingerprint density at radius 2 is 1.80 bits per heavy atom. The summed E-state index contributed by atoms with van der Waals surface area (Å²) in [5, 5.41) is 12.0. The molecule has 1 amide bonds. The van der Waals surface area contributed by atoms with Gasteiger partial charge in [0.15, 0.2) is 0 Å². The minimum Gasteiger partial charge on any atom is -0.481 e. The maximum Gasteiger partial charge on any atom is 0.393 e. The summed E-state index contributed by atoms with van der Waals surface area (Å²) in [6, 6.07) is 7.66. The Bertz CT molecular complexity index is 646. The van der Waals surface area contributed by atoms with E-state index in [0.29, 0.717) is 5.56 Å². The molecule has 25 heavy (non-hydrogen) atoms. The summed E-state index contributed by atoms with van der Waals surface area (Å²) in [6.45, 7) is -0.810. The van der Waals surface area contributed by atoms with E-state index in [4.69, 9.17) is 0 Å². The van der Waals surface area contributed by atoms with Crippen LogP contribution in [0.1, 0.15) is 24.4 Å². The third-order valence-electron chi connectivity index (χ3n) is 4.74. The van der Waals surface area contributed by atoms with Crippen LogP contribution in [0.5, 0.6) is 0 Å². The lowest BCUT2D eigenvalue weighted by atomic mass is 9.96. The summed E-state index contributed by atoms with van der Waals surface area (Å²) in [4.78, 5) is 25.3. The zero-order chi connectivity index (χ0) is 18.2. The number of likely N-dealkylation sites (tertiary alicyclic amines) is 1. The molecule has 1 aromatic carbocycles. The van der Waals surface area contributed by atoms with Gasteiger partial charge in [-0.25, -0.2) is 0 Å². The highest BCUT2D eigenvalue weighted by atomic mass is 19.4. The summed E-state index contributed by atoms with van der Waals surface area (Å²) >= 11 is 0. The van der Waals surface area contributed by atoms with Gasteiger partial charge in [0.05, 0.1) is 11.8 Å². The molecule has 5 nitrogen and oxygen atoms in total. The van der Waals surface area contributed by atoms with E-state index >= 15 is 0 Å². The lowest BCUT2D eigenvalue weighted by Crippen LogP contribution is -2.41. The molecule has 1 aromatic rings. The number of hydrogen-bond acceptors (Lipinski definition) is 3. The second-order valence-electron chi connectivity index (χ2n) is 6.64. The predicted molar refractivity (Wildman–Crippen MR) is 82.6 cm³/mol. The first-order valence-corrected chi connectivity index (χ1v) is 8.16. The Balaban J connectivity index is 1.88. The van der Waals surface area contributed by atoms with Crippen molar-refractivity contribution in [3.63, 3.8) is 0 Å². The molecular weight excluding hydrogens is 337 g/mol. The lowest BCUT2D eigenvalue weighted by molar-refractivity contribution is -0.188. The van der Waals surface area contributed by atoms with Gasteiger partial charge in [0.25, 0.3) is 0 Å². The first-order chi connectivity index (χ1) is 11.8. The summed E-state index contributed by atoms with van der Waals surface area (Å²) in [7, 11) is 0. The van der Waals surface area contributed by atoms with Crippen molar-refractivity contribution in [3.05, 3.63) is 35.9 Å². The fourth-order valence-electron chi connectivity index (χ4n) is 3.30. The van der Waals surface area contributed by atoms with Gasteiger partial charge < -0.3 is 10.4 Å². The van der Waals surface area contributed by atoms with Crippen molar-refractivity contribution >= 4 is 11.9 Å². The van der Waals surface area contributed by atoms with Gasteiger partial charge in [0.2, 0.25) is 5.91 Å². The van der Waals surface area contributed by atoms with Crippen LogP contribution in [0.15, 0.2) is 30.3 Å². The van der Waals surface area contributed by atoms with Crippen molar-refractivity contribution in [3.8, 4) is 0 Å². The predicted octanol–water partition coefficient (Wildman–Crippen LogP) is 2.20. The van der Waals surface area contributed by atoms with Gasteiger partial charge in [-0.05, 0) is 18.4 Å². The molecular formula is C17H19F3N2O3. The first-order valence-electron chi connectivity index (χ1n) is 8.16. The summed E-state index contributed by atoms with van der Waals surface area (Å²) in [6.07, 6.45) is -2.90. The molecule has 3 atom stereocenters. The number of hydrogen-bond donors (Lipinski definition) is 2. The van der Waals surface area contributed by atoms with Crippen LogP contribution in [0, 0.1) is 11.8 Å². The zero-order valence-electron chi connectivity index (χ0n) is 13.4. The van der Waals surface area contributed by atoms with Crippen molar-refractivity contribution in [1.82, 2.24) is 10.2 Å². The minimum absolute atomic E-state index is 0.0648. The smallest absolute Gasteiger partial charge is 0.393 e. The van der Waals surface area contributed by atoms with E-state index in [1.54, 1.807) is 30.3 Å². The van der Waals surface area contributed by atoms with Gasteiger partial charge >= 0.3 is 12.1 Å². The fraction of sp³-hybridized carbons (Fsp3) is 0.529. The number of amides is 1. The van der Waals surface area contributed by atoms with Crippen LogP contribution in [0.4, 0.5) is 13.2 Å². The molecule has 1 saturated heterocycles. The number of carbonyl (C=O) groups is 2. The Morgan fingerprint density at radius 3 is 2.28 bits per heavy atom. The van der Waals surface area contributed by atoms with E-state index in [1.165, 1.54) is 4.90 Å². The molecule has 1 aliphatic heterocycles. The van der Waals surface area contributed by atoms with Crippen LogP contribution >= 0.6 is 0 Å². The van der Waals surface area contributed by atoms with E-state index < -0.39 is 36.6 Å². The van der Waals surface area contributed by atoms with Gasteiger partial charge in [0.1, 0.15) is 6.04 Å². The molecule has 1 heterocycles. The van der Waals surface area contributed by atoms with Gasteiger partial charge in [-0.3, -0.25) is 14.5 Å². The molecule has 1 unspecified atom stereocenters. The van der Waals surface area contributed by atoms with E-state index in [9.17, 15) is 27.9 Å². The number of alkyl halides is 3. The van der Waals surface area contributed by atoms with Crippen LogP contribution in [0.3, 0.4) is 0 Å². The average molecular weight is 356 g/mol. The van der Waals surface area contributed by atoms with Gasteiger partial charge in [-0.15, -0.1) is 0 Å². The highest BCUT2D eigenvalue weighted by Gasteiger charge is 2.54. The molecule has 0 radical (unpaired) electrons. The van der Waals surface area contributed by atoms with E-state index in [1.807, 2.05) is 0 Å². The molecule has 1 aliphatic carbocycles. The molecule has 2 aliphatic rings. The highest BCUT2D eigenvalue weighted by molar-refractivity contribution is 5.84. The Labute approximate surface area is 142 Å². The van der Waals surface area contributed by atoms with Crippen molar-refractivity contribution in [2.24, 2.45) is 11.8 Å². The molecule has 1 saturated carbocycles. The van der Waals surface area contributed by atoms with Crippen LogP contribution in [-0.4, -0.2) is 47.2 Å². The number of carboxylic acids is 1. The van der Waals surface area contributed by atoms with Crippen LogP contribution in [0.2, 0.25) is 0 Å². The minimum atomic E-state index is -4.62. The second kappa shape index (κ2) is 6.67. The third-order valence-corrected chi connectivity index (χ3v) is 4.74. The Morgan fingerprint density at radius 1 is 1.16 bits per heavy atom. The van der Waals surface area contributed by atoms with E-state index in [-0.39, 0.29) is 18.5 Å². The first kappa shape index (κ1) is 17.7. The molecule has 2 fully saturated rings. The standard InChI is InChI=1S/C17H19F3N2O3/c18-17(19,20)13-9-22(8-12(13)16(24)25)14(10-4-2-1-3-5-10)15(23)21-11-6-7-11/h1-5,11-14H,6-9H2,(H,21,23)(H,24,25)/t12-,13-,14?/m1/s1. The Hall–Kier alpha value is -2.09. The number of aliphatic carboxylic acids is 1. The number of benzene rings is 1. The summed E-state index contributed by atoms with van der Waals surface area (Å²) < 4.78 is 39.7. The lowest BCUT2D eigenvalue weighted by Gasteiger charge is -2.27. The van der Waals surface area contributed by atoms with Crippen molar-refractivity contribution in [2.45, 2.75) is 31.1 Å². The Kier molecular flexibility index (Phi) is 4.73.